The van der Waals surface area contributed by atoms with Gasteiger partial charge in [-0.2, -0.15) is 0 Å². The predicted octanol–water partition coefficient (Wildman–Crippen LogP) is 1.01. The second-order valence-corrected chi connectivity index (χ2v) is 5.36. The number of rotatable bonds is 2. The lowest BCUT2D eigenvalue weighted by atomic mass is 9.98. The molecule has 0 aromatic rings. The molecule has 0 unspecified atom stereocenters. The summed E-state index contributed by atoms with van der Waals surface area (Å²) < 4.78 is 5.29. The van der Waals surface area contributed by atoms with Crippen LogP contribution in [0.25, 0.3) is 0 Å². The van der Waals surface area contributed by atoms with E-state index in [-0.39, 0.29) is 12.1 Å². The summed E-state index contributed by atoms with van der Waals surface area (Å²) in [6.45, 7) is 2.39. The molecule has 2 fully saturated rings. The molecule has 2 heterocycles. The maximum absolute atomic E-state index is 12.4. The Morgan fingerprint density at radius 3 is 2.58 bits per heavy atom. The first-order chi connectivity index (χ1) is 9.09. The van der Waals surface area contributed by atoms with Crippen molar-refractivity contribution in [3.8, 4) is 0 Å². The van der Waals surface area contributed by atoms with E-state index in [1.807, 2.05) is 7.05 Å². The average molecular weight is 270 g/mol. The molecule has 6 nitrogen and oxygen atoms in total. The van der Waals surface area contributed by atoms with Gasteiger partial charge in [0.15, 0.2) is 0 Å². The van der Waals surface area contributed by atoms with Gasteiger partial charge in [0.25, 0.3) is 0 Å². The summed E-state index contributed by atoms with van der Waals surface area (Å²) in [7, 11) is 1.81. The molecule has 0 aromatic heterocycles. The summed E-state index contributed by atoms with van der Waals surface area (Å²) in [5, 5.41) is 9.06. The minimum Gasteiger partial charge on any atom is -0.481 e. The van der Waals surface area contributed by atoms with Crippen LogP contribution in [-0.2, 0) is 9.53 Å². The monoisotopic (exact) mass is 270 g/mol. The van der Waals surface area contributed by atoms with Crippen molar-refractivity contribution in [1.82, 2.24) is 9.80 Å². The lowest BCUT2D eigenvalue weighted by molar-refractivity contribution is -0.143. The Labute approximate surface area is 113 Å². The third-order valence-corrected chi connectivity index (χ3v) is 4.08. The molecule has 2 rings (SSSR count). The van der Waals surface area contributed by atoms with Crippen LogP contribution in [0.3, 0.4) is 0 Å². The minimum absolute atomic E-state index is 0.0437. The van der Waals surface area contributed by atoms with Crippen LogP contribution in [0.1, 0.15) is 25.7 Å². The molecule has 0 radical (unpaired) electrons. The number of carboxylic acid groups (broad SMARTS) is 1. The van der Waals surface area contributed by atoms with Crippen LogP contribution in [0.4, 0.5) is 4.79 Å². The Balaban J connectivity index is 1.92. The zero-order valence-electron chi connectivity index (χ0n) is 11.4. The molecule has 0 aromatic carbocycles. The molecule has 0 aliphatic carbocycles. The van der Waals surface area contributed by atoms with E-state index in [0.717, 1.165) is 19.3 Å². The lowest BCUT2D eigenvalue weighted by Gasteiger charge is -2.38. The highest BCUT2D eigenvalue weighted by molar-refractivity contribution is 5.76. The number of likely N-dealkylation sites (tertiary alicyclic amines) is 1. The number of aliphatic carboxylic acids is 1. The van der Waals surface area contributed by atoms with Crippen LogP contribution in [-0.4, -0.2) is 66.3 Å². The molecule has 1 atom stereocenters. The lowest BCUT2D eigenvalue weighted by Crippen LogP contribution is -2.51. The van der Waals surface area contributed by atoms with Gasteiger partial charge in [-0.3, -0.25) is 4.79 Å². The van der Waals surface area contributed by atoms with Crippen LogP contribution < -0.4 is 0 Å². The number of carbonyl (C=O) groups excluding carboxylic acids is 1. The molecular weight excluding hydrogens is 248 g/mol. The first-order valence-electron chi connectivity index (χ1n) is 6.92. The third kappa shape index (κ3) is 3.37. The van der Waals surface area contributed by atoms with E-state index >= 15 is 0 Å². The fourth-order valence-corrected chi connectivity index (χ4v) is 2.80. The van der Waals surface area contributed by atoms with Crippen molar-refractivity contribution in [3.05, 3.63) is 0 Å². The number of amides is 2. The molecule has 2 aliphatic rings. The first kappa shape index (κ1) is 14.1. The van der Waals surface area contributed by atoms with Gasteiger partial charge >= 0.3 is 12.0 Å². The normalized spacial score (nSPS) is 25.1. The van der Waals surface area contributed by atoms with E-state index in [9.17, 15) is 9.59 Å². The van der Waals surface area contributed by atoms with Gasteiger partial charge in [0.1, 0.15) is 0 Å². The molecule has 0 bridgehead atoms. The van der Waals surface area contributed by atoms with E-state index in [0.29, 0.717) is 32.7 Å². The van der Waals surface area contributed by atoms with Crippen molar-refractivity contribution in [2.75, 3.05) is 33.4 Å². The summed E-state index contributed by atoms with van der Waals surface area (Å²) in [5.41, 5.74) is 0. The Morgan fingerprint density at radius 1 is 1.26 bits per heavy atom. The van der Waals surface area contributed by atoms with E-state index < -0.39 is 11.9 Å². The fourth-order valence-electron chi connectivity index (χ4n) is 2.80. The smallest absolute Gasteiger partial charge is 0.320 e. The number of nitrogens with zero attached hydrogens (tertiary/aromatic N) is 2. The molecule has 0 saturated carbocycles. The largest absolute Gasteiger partial charge is 0.481 e. The van der Waals surface area contributed by atoms with Gasteiger partial charge in [-0.05, 0) is 25.7 Å². The summed E-state index contributed by atoms with van der Waals surface area (Å²) >= 11 is 0. The highest BCUT2D eigenvalue weighted by Crippen LogP contribution is 2.20. The molecule has 2 amide bonds. The molecule has 6 heteroatoms. The van der Waals surface area contributed by atoms with Crippen LogP contribution in [0.15, 0.2) is 0 Å². The molecule has 19 heavy (non-hydrogen) atoms. The van der Waals surface area contributed by atoms with E-state index in [4.69, 9.17) is 9.84 Å². The van der Waals surface area contributed by atoms with Crippen molar-refractivity contribution in [3.63, 3.8) is 0 Å². The van der Waals surface area contributed by atoms with Gasteiger partial charge in [0.2, 0.25) is 0 Å². The molecule has 2 saturated heterocycles. The van der Waals surface area contributed by atoms with Gasteiger partial charge in [0, 0.05) is 39.4 Å². The van der Waals surface area contributed by atoms with E-state index in [1.54, 1.807) is 9.80 Å². The predicted molar refractivity (Wildman–Crippen MR) is 68.9 cm³/mol. The van der Waals surface area contributed by atoms with E-state index in [2.05, 4.69) is 0 Å². The van der Waals surface area contributed by atoms with Crippen LogP contribution >= 0.6 is 0 Å². The Kier molecular flexibility index (Phi) is 4.63. The average Bonchev–Trinajstić information content (AvgIpc) is 2.46. The van der Waals surface area contributed by atoms with Crippen LogP contribution in [0.2, 0.25) is 0 Å². The highest BCUT2D eigenvalue weighted by atomic mass is 16.5. The fraction of sp³-hybridized carbons (Fsp3) is 0.846. The third-order valence-electron chi connectivity index (χ3n) is 4.08. The quantitative estimate of drug-likeness (QED) is 0.813. The van der Waals surface area contributed by atoms with Crippen molar-refractivity contribution in [2.24, 2.45) is 5.92 Å². The second-order valence-electron chi connectivity index (χ2n) is 5.36. The van der Waals surface area contributed by atoms with Crippen LogP contribution in [0.5, 0.6) is 0 Å². The first-order valence-corrected chi connectivity index (χ1v) is 6.92. The number of urea groups is 1. The standard InChI is InChI=1S/C13H22N2O4/c1-14(11-4-7-19-8-5-11)13(18)15-6-2-3-10(9-15)12(16)17/h10-11H,2-9H2,1H3,(H,16,17)/t10-/m0/s1. The molecule has 2 aliphatic heterocycles. The summed E-state index contributed by atoms with van der Waals surface area (Å²) in [5.74, 6) is -1.22. The SMILES string of the molecule is CN(C(=O)N1CCC[C@H](C(=O)O)C1)C1CCOCC1. The maximum Gasteiger partial charge on any atom is 0.320 e. The number of carbonyl (C=O) groups is 2. The molecule has 1 N–H and O–H groups in total. The number of hydrogen-bond acceptors (Lipinski definition) is 3. The zero-order chi connectivity index (χ0) is 13.8. The van der Waals surface area contributed by atoms with Crippen molar-refractivity contribution < 1.29 is 19.4 Å². The topological polar surface area (TPSA) is 70.1 Å². The number of hydrogen-bond donors (Lipinski definition) is 1. The molecule has 108 valence electrons. The van der Waals surface area contributed by atoms with Gasteiger partial charge in [-0.15, -0.1) is 0 Å². The van der Waals surface area contributed by atoms with Crippen LogP contribution in [0, 0.1) is 5.92 Å². The maximum atomic E-state index is 12.4. The number of piperidine rings is 1. The van der Waals surface area contributed by atoms with Gasteiger partial charge in [0.05, 0.1) is 5.92 Å². The summed E-state index contributed by atoms with van der Waals surface area (Å²) in [6.07, 6.45) is 3.15. The number of ether oxygens (including phenoxy) is 1. The summed E-state index contributed by atoms with van der Waals surface area (Å²) in [4.78, 5) is 26.8. The van der Waals surface area contributed by atoms with Gasteiger partial charge in [-0.25, -0.2) is 4.79 Å². The Hall–Kier alpha value is -1.30. The number of carboxylic acids is 1. The van der Waals surface area contributed by atoms with Gasteiger partial charge in [-0.1, -0.05) is 0 Å². The molecular formula is C13H22N2O4. The Morgan fingerprint density at radius 2 is 1.95 bits per heavy atom. The van der Waals surface area contributed by atoms with Crippen molar-refractivity contribution in [1.29, 1.82) is 0 Å². The highest BCUT2D eigenvalue weighted by Gasteiger charge is 2.31. The Bertz CT molecular complexity index is 342. The van der Waals surface area contributed by atoms with Crippen molar-refractivity contribution in [2.45, 2.75) is 31.7 Å². The van der Waals surface area contributed by atoms with Crippen molar-refractivity contribution >= 4 is 12.0 Å². The second kappa shape index (κ2) is 6.23. The van der Waals surface area contributed by atoms with Gasteiger partial charge < -0.3 is 19.6 Å². The van der Waals surface area contributed by atoms with E-state index in [1.165, 1.54) is 0 Å². The molecule has 0 spiro atoms. The zero-order valence-corrected chi connectivity index (χ0v) is 11.4. The minimum atomic E-state index is -0.800. The summed E-state index contributed by atoms with van der Waals surface area (Å²) in [6, 6.07) is 0.171.